The number of amides is 1. The van der Waals surface area contributed by atoms with Crippen molar-refractivity contribution in [2.75, 3.05) is 6.54 Å². The second kappa shape index (κ2) is 5.79. The van der Waals surface area contributed by atoms with Crippen LogP contribution in [0.3, 0.4) is 0 Å². The van der Waals surface area contributed by atoms with Crippen molar-refractivity contribution in [1.29, 1.82) is 0 Å². The first-order valence-corrected chi connectivity index (χ1v) is 6.55. The first kappa shape index (κ1) is 13.5. The molecule has 6 heteroatoms. The van der Waals surface area contributed by atoms with Gasteiger partial charge < -0.3 is 10.3 Å². The minimum absolute atomic E-state index is 0.0950. The van der Waals surface area contributed by atoms with Gasteiger partial charge >= 0.3 is 0 Å². The van der Waals surface area contributed by atoms with Gasteiger partial charge in [0.2, 0.25) is 0 Å². The molecule has 0 fully saturated rings. The van der Waals surface area contributed by atoms with E-state index in [1.807, 2.05) is 6.07 Å². The molecule has 5 nitrogen and oxygen atoms in total. The van der Waals surface area contributed by atoms with Crippen LogP contribution in [0.1, 0.15) is 17.3 Å². The summed E-state index contributed by atoms with van der Waals surface area (Å²) >= 11 is 3.37. The molecule has 0 unspecified atom stereocenters. The van der Waals surface area contributed by atoms with Crippen molar-refractivity contribution >= 4 is 21.8 Å². The van der Waals surface area contributed by atoms with Crippen LogP contribution in [0.15, 0.2) is 39.7 Å². The Morgan fingerprint density at radius 1 is 1.42 bits per heavy atom. The normalized spacial score (nSPS) is 10.2. The molecule has 0 aromatic carbocycles. The molecule has 2 rings (SSSR count). The van der Waals surface area contributed by atoms with Gasteiger partial charge in [0.15, 0.2) is 0 Å². The van der Waals surface area contributed by atoms with Gasteiger partial charge in [-0.15, -0.1) is 0 Å². The fraction of sp³-hybridized carbons (Fsp3) is 0.154. The van der Waals surface area contributed by atoms with Gasteiger partial charge in [-0.2, -0.15) is 0 Å². The number of hydrogen-bond acceptors (Lipinski definition) is 3. The van der Waals surface area contributed by atoms with Gasteiger partial charge in [0.25, 0.3) is 11.5 Å². The predicted molar refractivity (Wildman–Crippen MR) is 76.0 cm³/mol. The number of aromatic nitrogens is 2. The number of aromatic amines is 1. The summed E-state index contributed by atoms with van der Waals surface area (Å²) in [4.78, 5) is 30.4. The number of halogens is 1. The lowest BCUT2D eigenvalue weighted by Gasteiger charge is -2.05. The number of nitrogens with one attached hydrogen (secondary N) is 2. The van der Waals surface area contributed by atoms with Gasteiger partial charge in [-0.1, -0.05) is 0 Å². The van der Waals surface area contributed by atoms with E-state index in [9.17, 15) is 9.59 Å². The number of carbonyl (C=O) groups is 1. The highest BCUT2D eigenvalue weighted by molar-refractivity contribution is 9.10. The van der Waals surface area contributed by atoms with Crippen LogP contribution >= 0.6 is 15.9 Å². The molecule has 2 N–H and O–H groups in total. The van der Waals surface area contributed by atoms with E-state index in [1.165, 1.54) is 6.07 Å². The summed E-state index contributed by atoms with van der Waals surface area (Å²) in [6.45, 7) is 2.28. The number of nitrogens with zero attached hydrogens (tertiary/aromatic N) is 1. The van der Waals surface area contributed by atoms with Gasteiger partial charge in [0.1, 0.15) is 11.3 Å². The summed E-state index contributed by atoms with van der Waals surface area (Å²) < 4.78 is 0.774. The molecule has 2 aromatic rings. The fourth-order valence-corrected chi connectivity index (χ4v) is 2.10. The predicted octanol–water partition coefficient (Wildman–Crippen LogP) is 1.95. The third-order valence-corrected chi connectivity index (χ3v) is 3.14. The zero-order valence-corrected chi connectivity index (χ0v) is 11.8. The van der Waals surface area contributed by atoms with Crippen LogP contribution < -0.4 is 10.9 Å². The lowest BCUT2D eigenvalue weighted by Crippen LogP contribution is -2.29. The maximum atomic E-state index is 11.9. The van der Waals surface area contributed by atoms with Gasteiger partial charge in [-0.25, -0.2) is 0 Å². The van der Waals surface area contributed by atoms with Crippen molar-refractivity contribution in [2.24, 2.45) is 0 Å². The Bertz CT molecular complexity index is 667. The van der Waals surface area contributed by atoms with Crippen LogP contribution in [0.25, 0.3) is 11.4 Å². The van der Waals surface area contributed by atoms with E-state index < -0.39 is 5.56 Å². The van der Waals surface area contributed by atoms with Crippen LogP contribution in [-0.2, 0) is 0 Å². The van der Waals surface area contributed by atoms with Crippen molar-refractivity contribution in [1.82, 2.24) is 15.3 Å². The summed E-state index contributed by atoms with van der Waals surface area (Å²) in [6, 6.07) is 6.78. The van der Waals surface area contributed by atoms with Gasteiger partial charge in [0.05, 0.1) is 5.69 Å². The second-order valence-corrected chi connectivity index (χ2v) is 4.66. The number of hydrogen-bond donors (Lipinski definition) is 2. The summed E-state index contributed by atoms with van der Waals surface area (Å²) in [7, 11) is 0. The monoisotopic (exact) mass is 321 g/mol. The van der Waals surface area contributed by atoms with Gasteiger partial charge in [-0.3, -0.25) is 14.6 Å². The zero-order valence-electron chi connectivity index (χ0n) is 10.2. The largest absolute Gasteiger partial charge is 0.352 e. The Morgan fingerprint density at radius 2 is 2.21 bits per heavy atom. The van der Waals surface area contributed by atoms with E-state index >= 15 is 0 Å². The lowest BCUT2D eigenvalue weighted by atomic mass is 10.2. The van der Waals surface area contributed by atoms with Crippen LogP contribution in [0, 0.1) is 0 Å². The van der Waals surface area contributed by atoms with Crippen molar-refractivity contribution in [3.8, 4) is 11.4 Å². The highest BCUT2D eigenvalue weighted by Crippen LogP contribution is 2.22. The zero-order chi connectivity index (χ0) is 13.8. The first-order valence-electron chi connectivity index (χ1n) is 5.76. The molecule has 2 heterocycles. The molecule has 0 saturated carbocycles. The third kappa shape index (κ3) is 2.90. The summed E-state index contributed by atoms with van der Waals surface area (Å²) in [5.41, 5.74) is 0.853. The number of rotatable bonds is 3. The maximum absolute atomic E-state index is 11.9. The van der Waals surface area contributed by atoms with Gasteiger partial charge in [0, 0.05) is 17.2 Å². The standard InChI is InChI=1S/C13H12BrN3O2/c1-2-15-12(18)8-5-6-10(17-13(8)19)11-9(14)4-3-7-16-11/h3-7H,2H2,1H3,(H,15,18)(H,17,19). The SMILES string of the molecule is CCNC(=O)c1ccc(-c2ncccc2Br)[nH]c1=O. The maximum Gasteiger partial charge on any atom is 0.261 e. The Kier molecular flexibility index (Phi) is 4.11. The van der Waals surface area contributed by atoms with E-state index in [2.05, 4.69) is 31.2 Å². The quantitative estimate of drug-likeness (QED) is 0.907. The van der Waals surface area contributed by atoms with E-state index in [-0.39, 0.29) is 11.5 Å². The Labute approximate surface area is 118 Å². The van der Waals surface area contributed by atoms with Crippen LogP contribution in [-0.4, -0.2) is 22.4 Å². The highest BCUT2D eigenvalue weighted by atomic mass is 79.9. The molecule has 0 bridgehead atoms. The molecule has 2 aromatic heterocycles. The molecule has 0 saturated heterocycles. The summed E-state index contributed by atoms with van der Waals surface area (Å²) in [5, 5.41) is 2.59. The average molecular weight is 322 g/mol. The lowest BCUT2D eigenvalue weighted by molar-refractivity contribution is 0.0954. The molecular weight excluding hydrogens is 310 g/mol. The smallest absolute Gasteiger partial charge is 0.261 e. The molecule has 0 aliphatic heterocycles. The Balaban J connectivity index is 2.43. The summed E-state index contributed by atoms with van der Waals surface area (Å²) in [6.07, 6.45) is 1.64. The first-order chi connectivity index (χ1) is 9.13. The Hall–Kier alpha value is -1.95. The highest BCUT2D eigenvalue weighted by Gasteiger charge is 2.11. The molecule has 0 aliphatic carbocycles. The van der Waals surface area contributed by atoms with Crippen LogP contribution in [0.2, 0.25) is 0 Å². The fourth-order valence-electron chi connectivity index (χ4n) is 1.63. The molecule has 0 aliphatic rings. The summed E-state index contributed by atoms with van der Waals surface area (Å²) in [5.74, 6) is -0.379. The second-order valence-electron chi connectivity index (χ2n) is 3.81. The molecule has 1 amide bonds. The number of carbonyl (C=O) groups excluding carboxylic acids is 1. The molecule has 98 valence electrons. The van der Waals surface area contributed by atoms with Crippen LogP contribution in [0.5, 0.6) is 0 Å². The molecule has 0 atom stereocenters. The molecule has 19 heavy (non-hydrogen) atoms. The minimum Gasteiger partial charge on any atom is -0.352 e. The van der Waals surface area contributed by atoms with E-state index in [1.54, 1.807) is 25.3 Å². The van der Waals surface area contributed by atoms with Crippen molar-refractivity contribution < 1.29 is 4.79 Å². The molecular formula is C13H12BrN3O2. The Morgan fingerprint density at radius 3 is 2.84 bits per heavy atom. The van der Waals surface area contributed by atoms with E-state index in [0.29, 0.717) is 17.9 Å². The topological polar surface area (TPSA) is 74.8 Å². The van der Waals surface area contributed by atoms with Gasteiger partial charge in [-0.05, 0) is 47.1 Å². The van der Waals surface area contributed by atoms with E-state index in [0.717, 1.165) is 4.47 Å². The van der Waals surface area contributed by atoms with Crippen molar-refractivity contribution in [3.63, 3.8) is 0 Å². The van der Waals surface area contributed by atoms with Crippen molar-refractivity contribution in [2.45, 2.75) is 6.92 Å². The third-order valence-electron chi connectivity index (χ3n) is 2.51. The number of pyridine rings is 2. The minimum atomic E-state index is -0.430. The molecule has 0 spiro atoms. The average Bonchev–Trinajstić information content (AvgIpc) is 2.39. The number of H-pyrrole nitrogens is 1. The van der Waals surface area contributed by atoms with Crippen molar-refractivity contribution in [3.05, 3.63) is 50.9 Å². The van der Waals surface area contributed by atoms with E-state index in [4.69, 9.17) is 0 Å². The molecule has 0 radical (unpaired) electrons. The van der Waals surface area contributed by atoms with Crippen LogP contribution in [0.4, 0.5) is 0 Å².